The average molecular weight is 477 g/mol. The Balaban J connectivity index is 0.000000451. The SMILES string of the molecule is O=C(O)C(F)(F)F.O=C(O)NC1CCC(Nc2nccc(/C=C3\SC(=O)NC3=O)n2)CC1. The molecule has 3 rings (SSSR count). The predicted molar refractivity (Wildman–Crippen MR) is 106 cm³/mol. The first-order chi connectivity index (χ1) is 14.9. The monoisotopic (exact) mass is 477 g/mol. The van der Waals surface area contributed by atoms with Crippen molar-refractivity contribution in [2.24, 2.45) is 0 Å². The molecular formula is C17H18F3N5O6S. The lowest BCUT2D eigenvalue weighted by molar-refractivity contribution is -0.192. The number of carbonyl (C=O) groups is 4. The molecule has 0 bridgehead atoms. The first-order valence-corrected chi connectivity index (χ1v) is 9.89. The Bertz CT molecular complexity index is 918. The highest BCUT2D eigenvalue weighted by molar-refractivity contribution is 8.18. The molecule has 1 aromatic heterocycles. The fraction of sp³-hybridized carbons (Fsp3) is 0.412. The van der Waals surface area contributed by atoms with Gasteiger partial charge in [0.05, 0.1) is 10.6 Å². The van der Waals surface area contributed by atoms with Crippen molar-refractivity contribution in [1.29, 1.82) is 0 Å². The van der Waals surface area contributed by atoms with Crippen LogP contribution in [-0.4, -0.2) is 61.6 Å². The van der Waals surface area contributed by atoms with Crippen molar-refractivity contribution >= 4 is 47.0 Å². The molecule has 0 aromatic carbocycles. The van der Waals surface area contributed by atoms with Crippen LogP contribution in [0.25, 0.3) is 6.08 Å². The molecule has 0 spiro atoms. The van der Waals surface area contributed by atoms with Crippen LogP contribution in [0.15, 0.2) is 17.2 Å². The minimum absolute atomic E-state index is 0.0111. The molecule has 0 atom stereocenters. The number of halogens is 3. The van der Waals surface area contributed by atoms with Gasteiger partial charge in [-0.05, 0) is 49.6 Å². The number of hydrogen-bond acceptors (Lipinski definition) is 8. The molecule has 2 aliphatic rings. The van der Waals surface area contributed by atoms with E-state index >= 15 is 0 Å². The topological polar surface area (TPSA) is 171 Å². The summed E-state index contributed by atoms with van der Waals surface area (Å²) in [6, 6.07) is 1.81. The van der Waals surface area contributed by atoms with Gasteiger partial charge in [-0.15, -0.1) is 0 Å². The molecule has 3 amide bonds. The summed E-state index contributed by atoms with van der Waals surface area (Å²) in [4.78, 5) is 51.1. The van der Waals surface area contributed by atoms with Gasteiger partial charge in [0.1, 0.15) is 0 Å². The van der Waals surface area contributed by atoms with Crippen LogP contribution in [0.2, 0.25) is 0 Å². The molecule has 174 valence electrons. The van der Waals surface area contributed by atoms with E-state index in [-0.39, 0.29) is 12.1 Å². The molecule has 1 aliphatic heterocycles. The average Bonchev–Trinajstić information content (AvgIpc) is 3.00. The highest BCUT2D eigenvalue weighted by Crippen LogP contribution is 2.25. The molecule has 2 fully saturated rings. The van der Waals surface area contributed by atoms with Gasteiger partial charge in [-0.1, -0.05) is 0 Å². The molecule has 1 aliphatic carbocycles. The number of carboxylic acids is 1. The van der Waals surface area contributed by atoms with E-state index in [9.17, 15) is 27.6 Å². The zero-order valence-corrected chi connectivity index (χ0v) is 17.0. The van der Waals surface area contributed by atoms with Gasteiger partial charge >= 0.3 is 18.2 Å². The Labute approximate surface area is 182 Å². The Kier molecular flexibility index (Phi) is 8.40. The maximum atomic E-state index is 11.6. The number of aromatic nitrogens is 2. The van der Waals surface area contributed by atoms with Crippen LogP contribution in [0, 0.1) is 0 Å². The van der Waals surface area contributed by atoms with Gasteiger partial charge in [0.25, 0.3) is 11.1 Å². The molecule has 1 aromatic rings. The number of imide groups is 1. The Hall–Kier alpha value is -3.36. The second kappa shape index (κ2) is 10.8. The number of carboxylic acid groups (broad SMARTS) is 2. The summed E-state index contributed by atoms with van der Waals surface area (Å²) < 4.78 is 31.7. The minimum atomic E-state index is -5.08. The third-order valence-electron chi connectivity index (χ3n) is 4.23. The number of thioether (sulfide) groups is 1. The largest absolute Gasteiger partial charge is 0.490 e. The standard InChI is InChI=1S/C15H17N5O4S.C2HF3O2/c21-12-11(25-15(24)20-12)7-10-5-6-16-13(18-10)17-8-1-3-9(4-2-8)19-14(22)23;3-2(4,5)1(6)7/h5-9,19H,1-4H2,(H,22,23)(H,16,17,18)(H,20,21,24);(H,6,7)/b11-7-;. The molecule has 0 unspecified atom stereocenters. The van der Waals surface area contributed by atoms with Gasteiger partial charge in [-0.2, -0.15) is 13.2 Å². The zero-order valence-electron chi connectivity index (χ0n) is 16.2. The van der Waals surface area contributed by atoms with Crippen LogP contribution in [0.1, 0.15) is 31.4 Å². The van der Waals surface area contributed by atoms with Gasteiger partial charge in [0.15, 0.2) is 0 Å². The minimum Gasteiger partial charge on any atom is -0.475 e. The number of hydrogen-bond donors (Lipinski definition) is 5. The van der Waals surface area contributed by atoms with Crippen molar-refractivity contribution in [3.63, 3.8) is 0 Å². The summed E-state index contributed by atoms with van der Waals surface area (Å²) >= 11 is 0.841. The lowest BCUT2D eigenvalue weighted by Gasteiger charge is -2.28. The molecule has 0 radical (unpaired) electrons. The van der Waals surface area contributed by atoms with E-state index in [0.717, 1.165) is 37.4 Å². The first kappa shape index (κ1) is 24.9. The number of nitrogens with one attached hydrogen (secondary N) is 3. The number of carbonyl (C=O) groups excluding carboxylic acids is 2. The molecular weight excluding hydrogens is 459 g/mol. The lowest BCUT2D eigenvalue weighted by Crippen LogP contribution is -2.39. The maximum absolute atomic E-state index is 11.6. The van der Waals surface area contributed by atoms with E-state index in [2.05, 4.69) is 25.9 Å². The smallest absolute Gasteiger partial charge is 0.475 e. The van der Waals surface area contributed by atoms with Gasteiger partial charge in [0, 0.05) is 18.3 Å². The van der Waals surface area contributed by atoms with Gasteiger partial charge in [-0.25, -0.2) is 19.6 Å². The van der Waals surface area contributed by atoms with Crippen LogP contribution < -0.4 is 16.0 Å². The van der Waals surface area contributed by atoms with Crippen LogP contribution in [-0.2, 0) is 9.59 Å². The summed E-state index contributed by atoms with van der Waals surface area (Å²) in [5.41, 5.74) is 0.533. The summed E-state index contributed by atoms with van der Waals surface area (Å²) in [6.07, 6.45) is 0.190. The summed E-state index contributed by atoms with van der Waals surface area (Å²) in [5.74, 6) is -2.74. The van der Waals surface area contributed by atoms with Crippen molar-refractivity contribution in [2.45, 2.75) is 43.9 Å². The fourth-order valence-corrected chi connectivity index (χ4v) is 3.48. The van der Waals surface area contributed by atoms with Crippen molar-refractivity contribution in [3.8, 4) is 0 Å². The van der Waals surface area contributed by atoms with Crippen LogP contribution >= 0.6 is 11.8 Å². The zero-order chi connectivity index (χ0) is 23.9. The molecule has 1 saturated heterocycles. The van der Waals surface area contributed by atoms with Crippen molar-refractivity contribution in [3.05, 3.63) is 22.9 Å². The van der Waals surface area contributed by atoms with Crippen molar-refractivity contribution < 1.29 is 42.6 Å². The molecule has 32 heavy (non-hydrogen) atoms. The Morgan fingerprint density at radius 3 is 2.25 bits per heavy atom. The predicted octanol–water partition coefficient (Wildman–Crippen LogP) is 2.42. The third-order valence-corrected chi connectivity index (χ3v) is 5.04. The molecule has 5 N–H and O–H groups in total. The number of anilines is 1. The molecule has 15 heteroatoms. The lowest BCUT2D eigenvalue weighted by atomic mass is 9.91. The maximum Gasteiger partial charge on any atom is 0.490 e. The van der Waals surface area contributed by atoms with E-state index in [1.54, 1.807) is 18.3 Å². The number of rotatable bonds is 4. The molecule has 11 nitrogen and oxygen atoms in total. The summed E-state index contributed by atoms with van der Waals surface area (Å²) in [6.45, 7) is 0. The van der Waals surface area contributed by atoms with Crippen molar-refractivity contribution in [1.82, 2.24) is 20.6 Å². The van der Waals surface area contributed by atoms with E-state index in [0.29, 0.717) is 16.5 Å². The quantitative estimate of drug-likeness (QED) is 0.406. The van der Waals surface area contributed by atoms with E-state index in [1.807, 2.05) is 0 Å². The highest BCUT2D eigenvalue weighted by Gasteiger charge is 2.38. The second-order valence-corrected chi connectivity index (χ2v) is 7.62. The highest BCUT2D eigenvalue weighted by atomic mass is 32.2. The van der Waals surface area contributed by atoms with Crippen LogP contribution in [0.3, 0.4) is 0 Å². The van der Waals surface area contributed by atoms with Gasteiger partial charge in [-0.3, -0.25) is 14.9 Å². The van der Waals surface area contributed by atoms with Gasteiger partial charge in [0.2, 0.25) is 5.95 Å². The fourth-order valence-electron chi connectivity index (χ4n) is 2.82. The third kappa shape index (κ3) is 8.05. The summed E-state index contributed by atoms with van der Waals surface area (Å²) in [7, 11) is 0. The van der Waals surface area contributed by atoms with E-state index in [4.69, 9.17) is 15.0 Å². The molecule has 1 saturated carbocycles. The number of nitrogens with zero attached hydrogens (tertiary/aromatic N) is 2. The Morgan fingerprint density at radius 2 is 1.75 bits per heavy atom. The number of amides is 3. The molecule has 2 heterocycles. The number of aliphatic carboxylic acids is 1. The van der Waals surface area contributed by atoms with Crippen LogP contribution in [0.5, 0.6) is 0 Å². The van der Waals surface area contributed by atoms with Crippen molar-refractivity contribution in [2.75, 3.05) is 5.32 Å². The summed E-state index contributed by atoms with van der Waals surface area (Å²) in [5, 5.41) is 23.4. The normalized spacial score (nSPS) is 21.9. The second-order valence-electron chi connectivity index (χ2n) is 6.60. The Morgan fingerprint density at radius 1 is 1.16 bits per heavy atom. The van der Waals surface area contributed by atoms with Gasteiger partial charge < -0.3 is 20.8 Å². The number of alkyl halides is 3. The van der Waals surface area contributed by atoms with Crippen LogP contribution in [0.4, 0.5) is 28.7 Å². The first-order valence-electron chi connectivity index (χ1n) is 9.08. The van der Waals surface area contributed by atoms with E-state index < -0.39 is 29.4 Å². The van der Waals surface area contributed by atoms with E-state index in [1.165, 1.54) is 0 Å².